The Kier molecular flexibility index (Phi) is 6.13. The van der Waals surface area contributed by atoms with E-state index >= 15 is 0 Å². The van der Waals surface area contributed by atoms with E-state index in [2.05, 4.69) is 5.32 Å². The quantitative estimate of drug-likeness (QED) is 0.755. The fourth-order valence-electron chi connectivity index (χ4n) is 2.90. The van der Waals surface area contributed by atoms with Crippen molar-refractivity contribution >= 4 is 34.8 Å². The zero-order valence-electron chi connectivity index (χ0n) is 13.9. The average molecular weight is 395 g/mol. The molecule has 0 unspecified atom stereocenters. The van der Waals surface area contributed by atoms with Gasteiger partial charge < -0.3 is 15.2 Å². The van der Waals surface area contributed by atoms with Crippen molar-refractivity contribution in [1.82, 2.24) is 10.2 Å². The summed E-state index contributed by atoms with van der Waals surface area (Å²) in [4.78, 5) is 26.8. The molecule has 1 fully saturated rings. The molecular weight excluding hydrogens is 376 g/mol. The Hall–Kier alpha value is -2.09. The minimum absolute atomic E-state index is 0.0517. The SMILES string of the molecule is O=C1NCCN(CC[C@@H](Oc2ccc(Cl)cc2)C(=O)O)[C@H]1c1cccs1. The first-order valence-electron chi connectivity index (χ1n) is 8.25. The molecule has 1 aromatic heterocycles. The summed E-state index contributed by atoms with van der Waals surface area (Å²) in [6, 6.07) is 10.0. The minimum atomic E-state index is -1.03. The second-order valence-corrected chi connectivity index (χ2v) is 7.35. The van der Waals surface area contributed by atoms with E-state index in [1.54, 1.807) is 24.3 Å². The molecule has 3 rings (SSSR count). The smallest absolute Gasteiger partial charge is 0.344 e. The zero-order valence-corrected chi connectivity index (χ0v) is 15.5. The van der Waals surface area contributed by atoms with Gasteiger partial charge in [0, 0.05) is 36.0 Å². The van der Waals surface area contributed by atoms with E-state index in [1.807, 2.05) is 22.4 Å². The molecule has 1 aromatic carbocycles. The summed E-state index contributed by atoms with van der Waals surface area (Å²) < 4.78 is 5.59. The van der Waals surface area contributed by atoms with Gasteiger partial charge in [0.05, 0.1) is 0 Å². The van der Waals surface area contributed by atoms with Crippen LogP contribution in [-0.2, 0) is 9.59 Å². The summed E-state index contributed by atoms with van der Waals surface area (Å²) in [7, 11) is 0. The number of halogens is 1. The number of piperazine rings is 1. The van der Waals surface area contributed by atoms with Gasteiger partial charge in [0.1, 0.15) is 11.8 Å². The van der Waals surface area contributed by atoms with Crippen LogP contribution in [0.2, 0.25) is 5.02 Å². The summed E-state index contributed by atoms with van der Waals surface area (Å²) in [5.74, 6) is -0.633. The number of hydrogen-bond donors (Lipinski definition) is 2. The van der Waals surface area contributed by atoms with Gasteiger partial charge in [0.2, 0.25) is 5.91 Å². The van der Waals surface area contributed by atoms with Gasteiger partial charge in [-0.1, -0.05) is 17.7 Å². The topological polar surface area (TPSA) is 78.9 Å². The molecule has 0 aliphatic carbocycles. The number of carboxylic acids is 1. The molecule has 26 heavy (non-hydrogen) atoms. The van der Waals surface area contributed by atoms with E-state index in [-0.39, 0.29) is 18.4 Å². The molecule has 0 bridgehead atoms. The second-order valence-electron chi connectivity index (χ2n) is 5.93. The van der Waals surface area contributed by atoms with Crippen LogP contribution in [-0.4, -0.2) is 47.6 Å². The maximum absolute atomic E-state index is 12.3. The lowest BCUT2D eigenvalue weighted by Crippen LogP contribution is -2.50. The normalized spacial score (nSPS) is 19.0. The molecule has 2 heterocycles. The monoisotopic (exact) mass is 394 g/mol. The van der Waals surface area contributed by atoms with E-state index in [0.717, 1.165) is 4.88 Å². The van der Waals surface area contributed by atoms with Crippen LogP contribution >= 0.6 is 22.9 Å². The van der Waals surface area contributed by atoms with Crippen molar-refractivity contribution in [1.29, 1.82) is 0 Å². The molecule has 0 radical (unpaired) electrons. The lowest BCUT2D eigenvalue weighted by atomic mass is 10.1. The van der Waals surface area contributed by atoms with Crippen LogP contribution in [0.1, 0.15) is 17.3 Å². The maximum atomic E-state index is 12.3. The number of thiophene rings is 1. The molecule has 138 valence electrons. The molecule has 1 aliphatic rings. The fourth-order valence-corrected chi connectivity index (χ4v) is 3.89. The highest BCUT2D eigenvalue weighted by Crippen LogP contribution is 2.27. The molecule has 1 amide bonds. The number of carbonyl (C=O) groups is 2. The first-order valence-corrected chi connectivity index (χ1v) is 9.50. The molecule has 1 saturated heterocycles. The number of nitrogens with zero attached hydrogens (tertiary/aromatic N) is 1. The molecule has 6 nitrogen and oxygen atoms in total. The predicted octanol–water partition coefficient (Wildman–Crippen LogP) is 2.80. The fraction of sp³-hybridized carbons (Fsp3) is 0.333. The minimum Gasteiger partial charge on any atom is -0.479 e. The van der Waals surface area contributed by atoms with Gasteiger partial charge in [-0.05, 0) is 35.7 Å². The number of carboxylic acid groups (broad SMARTS) is 1. The summed E-state index contributed by atoms with van der Waals surface area (Å²) in [5, 5.41) is 14.8. The lowest BCUT2D eigenvalue weighted by Gasteiger charge is -2.34. The van der Waals surface area contributed by atoms with Gasteiger partial charge in [-0.2, -0.15) is 0 Å². The zero-order chi connectivity index (χ0) is 18.5. The molecule has 2 N–H and O–H groups in total. The van der Waals surface area contributed by atoms with Crippen molar-refractivity contribution in [2.75, 3.05) is 19.6 Å². The Labute approximate surface area is 160 Å². The van der Waals surface area contributed by atoms with Gasteiger partial charge in [0.25, 0.3) is 0 Å². The predicted molar refractivity (Wildman–Crippen MR) is 99.8 cm³/mol. The molecule has 8 heteroatoms. The molecule has 2 aromatic rings. The Morgan fingerprint density at radius 1 is 1.38 bits per heavy atom. The van der Waals surface area contributed by atoms with Gasteiger partial charge in [0.15, 0.2) is 6.10 Å². The average Bonchev–Trinajstić information content (AvgIpc) is 3.14. The van der Waals surface area contributed by atoms with Crippen LogP contribution in [0, 0.1) is 0 Å². The van der Waals surface area contributed by atoms with Crippen molar-refractivity contribution in [2.45, 2.75) is 18.6 Å². The molecule has 0 saturated carbocycles. The number of carbonyl (C=O) groups excluding carboxylic acids is 1. The first kappa shape index (κ1) is 18.7. The molecular formula is C18H19ClN2O4S. The van der Waals surface area contributed by atoms with Crippen LogP contribution in [0.15, 0.2) is 41.8 Å². The van der Waals surface area contributed by atoms with E-state index in [4.69, 9.17) is 16.3 Å². The molecule has 1 aliphatic heterocycles. The van der Waals surface area contributed by atoms with Crippen LogP contribution in [0.4, 0.5) is 0 Å². The highest BCUT2D eigenvalue weighted by molar-refractivity contribution is 7.10. The van der Waals surface area contributed by atoms with Gasteiger partial charge in [-0.3, -0.25) is 9.69 Å². The largest absolute Gasteiger partial charge is 0.479 e. The number of amides is 1. The molecule has 0 spiro atoms. The number of benzene rings is 1. The molecule has 2 atom stereocenters. The highest BCUT2D eigenvalue weighted by Gasteiger charge is 2.33. The summed E-state index contributed by atoms with van der Waals surface area (Å²) in [6.07, 6.45) is -0.724. The Morgan fingerprint density at radius 2 is 2.15 bits per heavy atom. The summed E-state index contributed by atoms with van der Waals surface area (Å²) in [5.41, 5.74) is 0. The van der Waals surface area contributed by atoms with Gasteiger partial charge in [-0.15, -0.1) is 11.3 Å². The van der Waals surface area contributed by atoms with Crippen molar-refractivity contribution in [3.63, 3.8) is 0 Å². The van der Waals surface area contributed by atoms with E-state index < -0.39 is 12.1 Å². The van der Waals surface area contributed by atoms with Crippen LogP contribution in [0.3, 0.4) is 0 Å². The lowest BCUT2D eigenvalue weighted by molar-refractivity contribution is -0.145. The number of nitrogens with one attached hydrogen (secondary N) is 1. The third kappa shape index (κ3) is 4.55. The number of ether oxygens (including phenoxy) is 1. The Balaban J connectivity index is 1.66. The van der Waals surface area contributed by atoms with Crippen LogP contribution in [0.25, 0.3) is 0 Å². The van der Waals surface area contributed by atoms with E-state index in [0.29, 0.717) is 30.4 Å². The summed E-state index contributed by atoms with van der Waals surface area (Å²) >= 11 is 7.36. The van der Waals surface area contributed by atoms with Crippen LogP contribution in [0.5, 0.6) is 5.75 Å². The van der Waals surface area contributed by atoms with Crippen molar-refractivity contribution in [3.8, 4) is 5.75 Å². The van der Waals surface area contributed by atoms with E-state index in [9.17, 15) is 14.7 Å². The first-order chi connectivity index (χ1) is 12.5. The van der Waals surface area contributed by atoms with Crippen molar-refractivity contribution in [3.05, 3.63) is 51.7 Å². The standard InChI is InChI=1S/C18H19ClN2O4S/c19-12-3-5-13(6-4-12)25-14(18(23)24)7-9-21-10-8-20-17(22)16(21)15-2-1-11-26-15/h1-6,11,14,16H,7-10H2,(H,20,22)(H,23,24)/t14-,16+/m1/s1. The number of aliphatic carboxylic acids is 1. The van der Waals surface area contributed by atoms with Gasteiger partial charge in [-0.25, -0.2) is 4.79 Å². The van der Waals surface area contributed by atoms with Gasteiger partial charge >= 0.3 is 5.97 Å². The number of hydrogen-bond acceptors (Lipinski definition) is 5. The summed E-state index contributed by atoms with van der Waals surface area (Å²) in [6.45, 7) is 1.67. The van der Waals surface area contributed by atoms with Crippen molar-refractivity contribution in [2.24, 2.45) is 0 Å². The van der Waals surface area contributed by atoms with Crippen LogP contribution < -0.4 is 10.1 Å². The maximum Gasteiger partial charge on any atom is 0.344 e. The third-order valence-corrected chi connectivity index (χ3v) is 5.35. The Bertz CT molecular complexity index is 751. The second kappa shape index (κ2) is 8.53. The van der Waals surface area contributed by atoms with E-state index in [1.165, 1.54) is 11.3 Å². The Morgan fingerprint density at radius 3 is 2.81 bits per heavy atom. The number of rotatable bonds is 7. The highest BCUT2D eigenvalue weighted by atomic mass is 35.5. The third-order valence-electron chi connectivity index (χ3n) is 4.17. The van der Waals surface area contributed by atoms with Crippen molar-refractivity contribution < 1.29 is 19.4 Å².